The Morgan fingerprint density at radius 1 is 1.33 bits per heavy atom. The van der Waals surface area contributed by atoms with Crippen molar-refractivity contribution >= 4 is 17.3 Å². The fourth-order valence-electron chi connectivity index (χ4n) is 2.58. The summed E-state index contributed by atoms with van der Waals surface area (Å²) < 4.78 is 0. The van der Waals surface area contributed by atoms with Gasteiger partial charge >= 0.3 is 0 Å². The Hall–Kier alpha value is -1.51. The van der Waals surface area contributed by atoms with Crippen LogP contribution in [0.4, 0.5) is 11.4 Å². The summed E-state index contributed by atoms with van der Waals surface area (Å²) in [4.78, 5) is 11.0. The molecule has 3 nitrogen and oxygen atoms in total. The Morgan fingerprint density at radius 2 is 2.06 bits per heavy atom. The van der Waals surface area contributed by atoms with Gasteiger partial charge in [0.1, 0.15) is 0 Å². The first-order valence-corrected chi connectivity index (χ1v) is 6.77. The highest BCUT2D eigenvalue weighted by Crippen LogP contribution is 2.26. The molecular formula is C15H22N2O. The van der Waals surface area contributed by atoms with E-state index in [2.05, 4.69) is 16.7 Å². The van der Waals surface area contributed by atoms with Crippen LogP contribution in [-0.4, -0.2) is 12.5 Å². The molecule has 0 aliphatic heterocycles. The maximum absolute atomic E-state index is 11.0. The summed E-state index contributed by atoms with van der Waals surface area (Å²) in [5.74, 6) is 0.810. The first-order valence-electron chi connectivity index (χ1n) is 6.77. The van der Waals surface area contributed by atoms with Gasteiger partial charge in [-0.25, -0.2) is 0 Å². The van der Waals surface area contributed by atoms with Crippen molar-refractivity contribution < 1.29 is 4.79 Å². The van der Waals surface area contributed by atoms with Gasteiger partial charge in [-0.2, -0.15) is 0 Å². The maximum atomic E-state index is 11.0. The van der Waals surface area contributed by atoms with Crippen LogP contribution in [0.5, 0.6) is 0 Å². The van der Waals surface area contributed by atoms with Crippen molar-refractivity contribution in [1.82, 2.24) is 0 Å². The topological polar surface area (TPSA) is 41.1 Å². The lowest BCUT2D eigenvalue weighted by atomic mass is 10.1. The van der Waals surface area contributed by atoms with Crippen LogP contribution in [0.15, 0.2) is 18.2 Å². The molecule has 0 aromatic heterocycles. The van der Waals surface area contributed by atoms with Crippen molar-refractivity contribution in [3.05, 3.63) is 23.8 Å². The van der Waals surface area contributed by atoms with E-state index in [0.717, 1.165) is 29.4 Å². The summed E-state index contributed by atoms with van der Waals surface area (Å²) in [6.07, 6.45) is 5.48. The van der Waals surface area contributed by atoms with Crippen molar-refractivity contribution in [2.75, 3.05) is 17.2 Å². The second kappa shape index (κ2) is 5.89. The summed E-state index contributed by atoms with van der Waals surface area (Å²) >= 11 is 0. The van der Waals surface area contributed by atoms with Crippen molar-refractivity contribution in [3.8, 4) is 0 Å². The van der Waals surface area contributed by atoms with E-state index in [4.69, 9.17) is 0 Å². The van der Waals surface area contributed by atoms with Gasteiger partial charge in [0, 0.05) is 24.8 Å². The number of amides is 1. The number of hydrogen-bond acceptors (Lipinski definition) is 2. The molecule has 2 rings (SSSR count). The zero-order valence-electron chi connectivity index (χ0n) is 11.3. The fourth-order valence-corrected chi connectivity index (χ4v) is 2.58. The van der Waals surface area contributed by atoms with E-state index < -0.39 is 0 Å². The van der Waals surface area contributed by atoms with Crippen molar-refractivity contribution in [3.63, 3.8) is 0 Å². The molecule has 0 heterocycles. The highest BCUT2D eigenvalue weighted by molar-refractivity contribution is 5.89. The van der Waals surface area contributed by atoms with Gasteiger partial charge in [0.25, 0.3) is 0 Å². The fraction of sp³-hybridized carbons (Fsp3) is 0.533. The van der Waals surface area contributed by atoms with E-state index in [-0.39, 0.29) is 5.91 Å². The number of rotatable bonds is 4. The van der Waals surface area contributed by atoms with Crippen LogP contribution in [0.3, 0.4) is 0 Å². The predicted octanol–water partition coefficient (Wildman–Crippen LogP) is 3.56. The molecule has 1 aliphatic rings. The van der Waals surface area contributed by atoms with Crippen molar-refractivity contribution in [1.29, 1.82) is 0 Å². The van der Waals surface area contributed by atoms with E-state index in [0.29, 0.717) is 0 Å². The van der Waals surface area contributed by atoms with E-state index in [1.54, 1.807) is 0 Å². The second-order valence-corrected chi connectivity index (χ2v) is 5.24. The van der Waals surface area contributed by atoms with E-state index in [9.17, 15) is 4.79 Å². The van der Waals surface area contributed by atoms with E-state index in [1.807, 2.05) is 19.1 Å². The van der Waals surface area contributed by atoms with Crippen molar-refractivity contribution in [2.45, 2.75) is 39.5 Å². The maximum Gasteiger partial charge on any atom is 0.221 e. The molecule has 1 aromatic carbocycles. The lowest BCUT2D eigenvalue weighted by Crippen LogP contribution is -2.11. The molecule has 1 saturated carbocycles. The summed E-state index contributed by atoms with van der Waals surface area (Å²) in [5.41, 5.74) is 3.14. The van der Waals surface area contributed by atoms with Gasteiger partial charge in [-0.1, -0.05) is 12.8 Å². The lowest BCUT2D eigenvalue weighted by molar-refractivity contribution is -0.114. The normalized spacial score (nSPS) is 15.7. The monoisotopic (exact) mass is 246 g/mol. The standard InChI is InChI=1S/C15H22N2O/c1-11-9-14(7-8-15(11)17-12(2)18)16-10-13-5-3-4-6-13/h7-9,13,16H,3-6,10H2,1-2H3,(H,17,18). The molecule has 0 radical (unpaired) electrons. The molecule has 1 amide bonds. The number of anilines is 2. The number of carbonyl (C=O) groups excluding carboxylic acids is 1. The summed E-state index contributed by atoms with van der Waals surface area (Å²) in [6, 6.07) is 6.10. The SMILES string of the molecule is CC(=O)Nc1ccc(NCC2CCCC2)cc1C. The largest absolute Gasteiger partial charge is 0.385 e. The van der Waals surface area contributed by atoms with Crippen LogP contribution in [0.2, 0.25) is 0 Å². The molecule has 3 heteroatoms. The third-order valence-electron chi connectivity index (χ3n) is 3.61. The molecule has 1 aliphatic carbocycles. The lowest BCUT2D eigenvalue weighted by Gasteiger charge is -2.14. The smallest absolute Gasteiger partial charge is 0.221 e. The minimum atomic E-state index is -0.0234. The summed E-state index contributed by atoms with van der Waals surface area (Å²) in [5, 5.41) is 6.33. The average molecular weight is 246 g/mol. The van der Waals surface area contributed by atoms with E-state index in [1.165, 1.54) is 32.6 Å². The molecule has 1 fully saturated rings. The minimum absolute atomic E-state index is 0.0234. The Kier molecular flexibility index (Phi) is 4.24. The molecule has 1 aromatic rings. The molecule has 98 valence electrons. The van der Waals surface area contributed by atoms with Crippen LogP contribution >= 0.6 is 0 Å². The summed E-state index contributed by atoms with van der Waals surface area (Å²) in [6.45, 7) is 4.62. The van der Waals surface area contributed by atoms with Crippen LogP contribution in [0.25, 0.3) is 0 Å². The molecule has 2 N–H and O–H groups in total. The number of aryl methyl sites for hydroxylation is 1. The van der Waals surface area contributed by atoms with Gasteiger partial charge in [0.2, 0.25) is 5.91 Å². The van der Waals surface area contributed by atoms with Gasteiger partial charge in [-0.15, -0.1) is 0 Å². The zero-order valence-corrected chi connectivity index (χ0v) is 11.3. The average Bonchev–Trinajstić information content (AvgIpc) is 2.82. The number of nitrogens with one attached hydrogen (secondary N) is 2. The molecule has 0 unspecified atom stereocenters. The Balaban J connectivity index is 1.93. The van der Waals surface area contributed by atoms with E-state index >= 15 is 0 Å². The van der Waals surface area contributed by atoms with Gasteiger partial charge in [-0.3, -0.25) is 4.79 Å². The van der Waals surface area contributed by atoms with Crippen LogP contribution in [0.1, 0.15) is 38.2 Å². The van der Waals surface area contributed by atoms with Gasteiger partial charge in [-0.05, 0) is 49.4 Å². The molecule has 0 atom stereocenters. The molecule has 0 spiro atoms. The summed E-state index contributed by atoms with van der Waals surface area (Å²) in [7, 11) is 0. The van der Waals surface area contributed by atoms with Crippen LogP contribution in [-0.2, 0) is 4.79 Å². The minimum Gasteiger partial charge on any atom is -0.385 e. The number of benzene rings is 1. The predicted molar refractivity (Wildman–Crippen MR) is 75.9 cm³/mol. The highest BCUT2D eigenvalue weighted by Gasteiger charge is 2.14. The van der Waals surface area contributed by atoms with Gasteiger partial charge in [0.05, 0.1) is 0 Å². The quantitative estimate of drug-likeness (QED) is 0.853. The third kappa shape index (κ3) is 3.49. The highest BCUT2D eigenvalue weighted by atomic mass is 16.1. The van der Waals surface area contributed by atoms with Crippen molar-refractivity contribution in [2.24, 2.45) is 5.92 Å². The van der Waals surface area contributed by atoms with Crippen LogP contribution < -0.4 is 10.6 Å². The molecule has 18 heavy (non-hydrogen) atoms. The zero-order chi connectivity index (χ0) is 13.0. The number of hydrogen-bond donors (Lipinski definition) is 2. The van der Waals surface area contributed by atoms with Gasteiger partial charge < -0.3 is 10.6 Å². The molecule has 0 saturated heterocycles. The first-order chi connectivity index (χ1) is 8.65. The molecular weight excluding hydrogens is 224 g/mol. The Morgan fingerprint density at radius 3 is 2.67 bits per heavy atom. The van der Waals surface area contributed by atoms with Crippen LogP contribution in [0, 0.1) is 12.8 Å². The van der Waals surface area contributed by atoms with Gasteiger partial charge in [0.15, 0.2) is 0 Å². The first kappa shape index (κ1) is 12.9. The second-order valence-electron chi connectivity index (χ2n) is 5.24. The third-order valence-corrected chi connectivity index (χ3v) is 3.61. The Bertz CT molecular complexity index is 423. The number of carbonyl (C=O) groups is 1. The Labute approximate surface area is 109 Å². The molecule has 0 bridgehead atoms.